The molecule has 4 rings (SSSR count). The number of anilines is 2. The fourth-order valence-corrected chi connectivity index (χ4v) is 3.02. The van der Waals surface area contributed by atoms with Crippen LogP contribution >= 0.6 is 0 Å². The number of rotatable bonds is 3. The average Bonchev–Trinajstić information content (AvgIpc) is 3.17. The normalized spacial score (nSPS) is 12.8. The third-order valence-corrected chi connectivity index (χ3v) is 4.07. The molecule has 0 radical (unpaired) electrons. The summed E-state index contributed by atoms with van der Waals surface area (Å²) in [5, 5.41) is 7.38. The number of hydrogen-bond donors (Lipinski definition) is 1. The van der Waals surface area contributed by atoms with E-state index in [9.17, 15) is 0 Å². The van der Waals surface area contributed by atoms with Crippen LogP contribution in [0.2, 0.25) is 0 Å². The molecule has 1 aromatic carbocycles. The van der Waals surface area contributed by atoms with E-state index in [1.54, 1.807) is 0 Å². The molecule has 0 amide bonds. The molecule has 0 atom stereocenters. The maximum absolute atomic E-state index is 5.84. The van der Waals surface area contributed by atoms with Crippen molar-refractivity contribution in [1.82, 2.24) is 10.1 Å². The van der Waals surface area contributed by atoms with Crippen LogP contribution in [0, 0.1) is 13.8 Å². The van der Waals surface area contributed by atoms with Gasteiger partial charge in [-0.2, -0.15) is 0 Å². The Morgan fingerprint density at radius 3 is 2.70 bits per heavy atom. The third-order valence-electron chi connectivity index (χ3n) is 4.07. The van der Waals surface area contributed by atoms with Gasteiger partial charge in [0.25, 0.3) is 0 Å². The molecule has 0 spiro atoms. The molecule has 1 N–H and O–H groups in total. The number of aryl methyl sites for hydroxylation is 2. The summed E-state index contributed by atoms with van der Waals surface area (Å²) in [6.07, 6.45) is 2.74. The van der Waals surface area contributed by atoms with E-state index < -0.39 is 0 Å². The lowest BCUT2D eigenvalue weighted by molar-refractivity contribution is 0.357. The van der Waals surface area contributed by atoms with E-state index in [1.165, 1.54) is 0 Å². The van der Waals surface area contributed by atoms with E-state index in [0.717, 1.165) is 51.8 Å². The SMILES string of the molecule is Cc1noc(C)c1-c1cnc(Nc2ccccc2)c2c1CCO2. The predicted molar refractivity (Wildman–Crippen MR) is 88.1 cm³/mol. The Hall–Kier alpha value is -2.82. The fraction of sp³-hybridized carbons (Fsp3) is 0.222. The smallest absolute Gasteiger partial charge is 0.173 e. The van der Waals surface area contributed by atoms with Crippen molar-refractivity contribution in [1.29, 1.82) is 0 Å². The lowest BCUT2D eigenvalue weighted by Gasteiger charge is -2.12. The molecule has 5 heteroatoms. The topological polar surface area (TPSA) is 60.2 Å². The lowest BCUT2D eigenvalue weighted by Crippen LogP contribution is -1.98. The highest BCUT2D eigenvalue weighted by Gasteiger charge is 2.25. The van der Waals surface area contributed by atoms with E-state index in [1.807, 2.05) is 50.4 Å². The van der Waals surface area contributed by atoms with Crippen LogP contribution < -0.4 is 10.1 Å². The molecule has 0 aliphatic carbocycles. The summed E-state index contributed by atoms with van der Waals surface area (Å²) in [4.78, 5) is 4.58. The molecule has 3 heterocycles. The van der Waals surface area contributed by atoms with Gasteiger partial charge in [0.15, 0.2) is 11.6 Å². The van der Waals surface area contributed by atoms with Crippen molar-refractivity contribution >= 4 is 11.5 Å². The first-order valence-corrected chi connectivity index (χ1v) is 7.64. The van der Waals surface area contributed by atoms with E-state index in [0.29, 0.717) is 6.61 Å². The first kappa shape index (κ1) is 13.8. The molecular formula is C18H17N3O2. The molecule has 1 aliphatic rings. The summed E-state index contributed by atoms with van der Waals surface area (Å²) in [6, 6.07) is 9.97. The standard InChI is InChI=1S/C18H17N3O2/c1-11-16(12(2)23-21-11)15-10-19-18(17-14(15)8-9-22-17)20-13-6-4-3-5-7-13/h3-7,10H,8-9H2,1-2H3,(H,19,20). The maximum Gasteiger partial charge on any atom is 0.173 e. The monoisotopic (exact) mass is 307 g/mol. The van der Waals surface area contributed by atoms with E-state index in [4.69, 9.17) is 9.26 Å². The molecule has 1 aliphatic heterocycles. The van der Waals surface area contributed by atoms with Crippen LogP contribution in [0.15, 0.2) is 41.1 Å². The predicted octanol–water partition coefficient (Wildman–Crippen LogP) is 4.03. The van der Waals surface area contributed by atoms with Crippen molar-refractivity contribution in [3.63, 3.8) is 0 Å². The molecular weight excluding hydrogens is 290 g/mol. The second-order valence-corrected chi connectivity index (χ2v) is 5.62. The van der Waals surface area contributed by atoms with Crippen molar-refractivity contribution in [3.8, 4) is 16.9 Å². The zero-order valence-corrected chi connectivity index (χ0v) is 13.1. The zero-order chi connectivity index (χ0) is 15.8. The number of nitrogens with one attached hydrogen (secondary N) is 1. The Morgan fingerprint density at radius 1 is 1.13 bits per heavy atom. The van der Waals surface area contributed by atoms with Gasteiger partial charge < -0.3 is 14.6 Å². The van der Waals surface area contributed by atoms with Gasteiger partial charge >= 0.3 is 0 Å². The minimum Gasteiger partial charge on any atom is -0.489 e. The number of pyridine rings is 1. The summed E-state index contributed by atoms with van der Waals surface area (Å²) in [6.45, 7) is 4.54. The van der Waals surface area contributed by atoms with Gasteiger partial charge in [0, 0.05) is 35.0 Å². The van der Waals surface area contributed by atoms with Gasteiger partial charge in [0.2, 0.25) is 0 Å². The third kappa shape index (κ3) is 2.34. The first-order chi connectivity index (χ1) is 11.2. The van der Waals surface area contributed by atoms with Crippen molar-refractivity contribution in [2.24, 2.45) is 0 Å². The second-order valence-electron chi connectivity index (χ2n) is 5.62. The highest BCUT2D eigenvalue weighted by atomic mass is 16.5. The van der Waals surface area contributed by atoms with Gasteiger partial charge in [0.05, 0.1) is 12.3 Å². The van der Waals surface area contributed by atoms with Gasteiger partial charge in [-0.3, -0.25) is 0 Å². The molecule has 0 bridgehead atoms. The Labute approximate surface area is 134 Å². The summed E-state index contributed by atoms with van der Waals surface area (Å²) in [5.41, 5.74) is 5.09. The molecule has 23 heavy (non-hydrogen) atoms. The van der Waals surface area contributed by atoms with Gasteiger partial charge in [0.1, 0.15) is 5.76 Å². The van der Waals surface area contributed by atoms with Gasteiger partial charge in [-0.05, 0) is 26.0 Å². The van der Waals surface area contributed by atoms with Crippen molar-refractivity contribution in [2.45, 2.75) is 20.3 Å². The van der Waals surface area contributed by atoms with Crippen LogP contribution in [0.3, 0.4) is 0 Å². The maximum atomic E-state index is 5.84. The van der Waals surface area contributed by atoms with Crippen LogP contribution in [-0.4, -0.2) is 16.7 Å². The second kappa shape index (κ2) is 5.43. The quantitative estimate of drug-likeness (QED) is 0.791. The van der Waals surface area contributed by atoms with Gasteiger partial charge in [-0.25, -0.2) is 4.98 Å². The number of hydrogen-bond acceptors (Lipinski definition) is 5. The number of para-hydroxylation sites is 1. The van der Waals surface area contributed by atoms with Crippen molar-refractivity contribution in [2.75, 3.05) is 11.9 Å². The summed E-state index contributed by atoms with van der Waals surface area (Å²) >= 11 is 0. The average molecular weight is 307 g/mol. The molecule has 2 aromatic heterocycles. The molecule has 0 saturated carbocycles. The Balaban J connectivity index is 1.80. The largest absolute Gasteiger partial charge is 0.489 e. The van der Waals surface area contributed by atoms with E-state index in [2.05, 4.69) is 15.5 Å². The minimum absolute atomic E-state index is 0.668. The van der Waals surface area contributed by atoms with Crippen LogP contribution in [0.4, 0.5) is 11.5 Å². The minimum atomic E-state index is 0.668. The van der Waals surface area contributed by atoms with E-state index in [-0.39, 0.29) is 0 Å². The summed E-state index contributed by atoms with van der Waals surface area (Å²) in [5.74, 6) is 2.38. The highest BCUT2D eigenvalue weighted by molar-refractivity contribution is 5.77. The Morgan fingerprint density at radius 2 is 1.96 bits per heavy atom. The Kier molecular flexibility index (Phi) is 3.26. The number of aromatic nitrogens is 2. The van der Waals surface area contributed by atoms with Crippen LogP contribution in [-0.2, 0) is 6.42 Å². The Bertz CT molecular complexity index is 837. The van der Waals surface area contributed by atoms with E-state index >= 15 is 0 Å². The number of ether oxygens (including phenoxy) is 1. The lowest BCUT2D eigenvalue weighted by atomic mass is 9.99. The van der Waals surface area contributed by atoms with Crippen LogP contribution in [0.1, 0.15) is 17.0 Å². The summed E-state index contributed by atoms with van der Waals surface area (Å²) in [7, 11) is 0. The van der Waals surface area contributed by atoms with Crippen LogP contribution in [0.25, 0.3) is 11.1 Å². The van der Waals surface area contributed by atoms with Gasteiger partial charge in [-0.1, -0.05) is 23.4 Å². The zero-order valence-electron chi connectivity index (χ0n) is 13.1. The summed E-state index contributed by atoms with van der Waals surface area (Å²) < 4.78 is 11.1. The number of benzene rings is 1. The van der Waals surface area contributed by atoms with Crippen molar-refractivity contribution < 1.29 is 9.26 Å². The van der Waals surface area contributed by atoms with Crippen molar-refractivity contribution in [3.05, 3.63) is 53.5 Å². The van der Waals surface area contributed by atoms with Crippen LogP contribution in [0.5, 0.6) is 5.75 Å². The molecule has 0 saturated heterocycles. The molecule has 0 unspecified atom stereocenters. The number of fused-ring (bicyclic) bond motifs is 1. The molecule has 0 fully saturated rings. The molecule has 5 nitrogen and oxygen atoms in total. The molecule has 3 aromatic rings. The number of nitrogens with zero attached hydrogens (tertiary/aromatic N) is 2. The highest BCUT2D eigenvalue weighted by Crippen LogP contribution is 2.41. The van der Waals surface area contributed by atoms with Gasteiger partial charge in [-0.15, -0.1) is 0 Å². The fourth-order valence-electron chi connectivity index (χ4n) is 3.02. The molecule has 116 valence electrons. The first-order valence-electron chi connectivity index (χ1n) is 7.64.